The zero-order valence-corrected chi connectivity index (χ0v) is 15.2. The number of hydrogen-bond acceptors (Lipinski definition) is 4. The predicted octanol–water partition coefficient (Wildman–Crippen LogP) is 4.89. The summed E-state index contributed by atoms with van der Waals surface area (Å²) < 4.78 is 10.5. The van der Waals surface area contributed by atoms with Gasteiger partial charge in [0.1, 0.15) is 5.75 Å². The molecular formula is C20H30O4. The highest BCUT2D eigenvalue weighted by Crippen LogP contribution is 2.21. The van der Waals surface area contributed by atoms with Gasteiger partial charge < -0.3 is 9.47 Å². The van der Waals surface area contributed by atoms with Gasteiger partial charge in [0, 0.05) is 0 Å². The smallest absolute Gasteiger partial charge is 0.311 e. The lowest BCUT2D eigenvalue weighted by Gasteiger charge is -2.09. The summed E-state index contributed by atoms with van der Waals surface area (Å²) in [7, 11) is 0. The molecule has 0 heterocycles. The lowest BCUT2D eigenvalue weighted by Crippen LogP contribution is -2.13. The molecule has 0 aromatic heterocycles. The van der Waals surface area contributed by atoms with Crippen molar-refractivity contribution in [2.24, 2.45) is 0 Å². The van der Waals surface area contributed by atoms with Crippen molar-refractivity contribution in [3.63, 3.8) is 0 Å². The zero-order valence-electron chi connectivity index (χ0n) is 15.2. The third-order valence-corrected chi connectivity index (χ3v) is 4.07. The van der Waals surface area contributed by atoms with Gasteiger partial charge in [0.25, 0.3) is 0 Å². The molecule has 0 saturated carbocycles. The van der Waals surface area contributed by atoms with Crippen molar-refractivity contribution in [1.82, 2.24) is 0 Å². The fourth-order valence-corrected chi connectivity index (χ4v) is 2.35. The van der Waals surface area contributed by atoms with Crippen molar-refractivity contribution in [2.45, 2.75) is 72.1 Å². The molecule has 1 aromatic carbocycles. The Balaban J connectivity index is 2.15. The van der Waals surface area contributed by atoms with Crippen molar-refractivity contribution in [3.8, 4) is 5.75 Å². The number of esters is 2. The second-order valence-corrected chi connectivity index (χ2v) is 6.16. The van der Waals surface area contributed by atoms with Gasteiger partial charge in [-0.1, -0.05) is 51.2 Å². The van der Waals surface area contributed by atoms with Crippen LogP contribution in [0.5, 0.6) is 5.75 Å². The van der Waals surface area contributed by atoms with E-state index in [1.807, 2.05) is 26.0 Å². The molecule has 0 bridgehead atoms. The van der Waals surface area contributed by atoms with Crippen LogP contribution in [0.4, 0.5) is 0 Å². The molecule has 0 N–H and O–H groups in total. The summed E-state index contributed by atoms with van der Waals surface area (Å²) in [4.78, 5) is 23.5. The summed E-state index contributed by atoms with van der Waals surface area (Å²) in [5, 5.41) is 0. The molecule has 1 rings (SSSR count). The Morgan fingerprint density at radius 1 is 0.917 bits per heavy atom. The van der Waals surface area contributed by atoms with E-state index in [2.05, 4.69) is 6.92 Å². The number of carbonyl (C=O) groups excluding carboxylic acids is 2. The minimum atomic E-state index is -0.403. The Hall–Kier alpha value is -1.84. The van der Waals surface area contributed by atoms with Crippen LogP contribution in [-0.2, 0) is 14.3 Å². The van der Waals surface area contributed by atoms with Crippen LogP contribution < -0.4 is 4.74 Å². The van der Waals surface area contributed by atoms with Gasteiger partial charge in [-0.15, -0.1) is 0 Å². The molecule has 0 aliphatic carbocycles. The molecule has 0 aliphatic rings. The van der Waals surface area contributed by atoms with Crippen molar-refractivity contribution in [1.29, 1.82) is 0 Å². The molecule has 0 radical (unpaired) electrons. The summed E-state index contributed by atoms with van der Waals surface area (Å²) in [5.41, 5.74) is 2.01. The van der Waals surface area contributed by atoms with Crippen molar-refractivity contribution in [2.75, 3.05) is 6.61 Å². The predicted molar refractivity (Wildman–Crippen MR) is 95.1 cm³/mol. The number of rotatable bonds is 11. The topological polar surface area (TPSA) is 52.6 Å². The zero-order chi connectivity index (χ0) is 17.8. The Kier molecular flexibility index (Phi) is 9.81. The first-order valence-electron chi connectivity index (χ1n) is 8.97. The van der Waals surface area contributed by atoms with Crippen LogP contribution >= 0.6 is 0 Å². The van der Waals surface area contributed by atoms with Gasteiger partial charge >= 0.3 is 11.9 Å². The maximum absolute atomic E-state index is 11.8. The summed E-state index contributed by atoms with van der Waals surface area (Å²) in [6, 6.07) is 5.57. The first-order chi connectivity index (χ1) is 11.5. The molecule has 1 aromatic rings. The first kappa shape index (κ1) is 20.2. The number of unbranched alkanes of at least 4 members (excludes halogenated alkanes) is 5. The molecule has 0 saturated heterocycles. The SMILES string of the molecule is CCCCCCCCOC(=O)CCC(=O)Oc1cccc(C)c1C. The van der Waals surface area contributed by atoms with Crippen LogP contribution in [0.2, 0.25) is 0 Å². The van der Waals surface area contributed by atoms with E-state index in [-0.39, 0.29) is 18.8 Å². The molecule has 0 aliphatic heterocycles. The second kappa shape index (κ2) is 11.7. The van der Waals surface area contributed by atoms with E-state index in [9.17, 15) is 9.59 Å². The number of hydrogen-bond donors (Lipinski definition) is 0. The number of ether oxygens (including phenoxy) is 2. The van der Waals surface area contributed by atoms with Crippen molar-refractivity contribution >= 4 is 11.9 Å². The van der Waals surface area contributed by atoms with Gasteiger partial charge in [-0.2, -0.15) is 0 Å². The lowest BCUT2D eigenvalue weighted by molar-refractivity contribution is -0.147. The highest BCUT2D eigenvalue weighted by Gasteiger charge is 2.11. The fourth-order valence-electron chi connectivity index (χ4n) is 2.35. The summed E-state index contributed by atoms with van der Waals surface area (Å²) in [6.45, 7) is 6.50. The quantitative estimate of drug-likeness (QED) is 0.328. The van der Waals surface area contributed by atoms with Crippen LogP contribution in [0.3, 0.4) is 0 Å². The van der Waals surface area contributed by atoms with Crippen LogP contribution in [-0.4, -0.2) is 18.5 Å². The van der Waals surface area contributed by atoms with Crippen LogP contribution in [0.15, 0.2) is 18.2 Å². The average molecular weight is 334 g/mol. The Labute approximate surface area is 145 Å². The molecule has 0 spiro atoms. The average Bonchev–Trinajstić information content (AvgIpc) is 2.56. The third kappa shape index (κ3) is 8.14. The molecule has 0 amide bonds. The number of carbonyl (C=O) groups is 2. The van der Waals surface area contributed by atoms with Gasteiger partial charge in [0.05, 0.1) is 19.4 Å². The summed E-state index contributed by atoms with van der Waals surface area (Å²) in [5.74, 6) is -0.179. The molecule has 0 fully saturated rings. The minimum absolute atomic E-state index is 0.0444. The second-order valence-electron chi connectivity index (χ2n) is 6.16. The van der Waals surface area contributed by atoms with E-state index >= 15 is 0 Å². The Bertz CT molecular complexity index is 522. The maximum Gasteiger partial charge on any atom is 0.311 e. The van der Waals surface area contributed by atoms with E-state index in [1.54, 1.807) is 6.07 Å². The minimum Gasteiger partial charge on any atom is -0.466 e. The normalized spacial score (nSPS) is 10.5. The van der Waals surface area contributed by atoms with E-state index in [0.29, 0.717) is 12.4 Å². The van der Waals surface area contributed by atoms with Crippen LogP contribution in [0.1, 0.15) is 69.4 Å². The van der Waals surface area contributed by atoms with Gasteiger partial charge in [-0.05, 0) is 37.5 Å². The molecule has 0 unspecified atom stereocenters. The van der Waals surface area contributed by atoms with Gasteiger partial charge in [0.15, 0.2) is 0 Å². The Morgan fingerprint density at radius 3 is 2.33 bits per heavy atom. The molecule has 4 nitrogen and oxygen atoms in total. The number of aryl methyl sites for hydroxylation is 1. The third-order valence-electron chi connectivity index (χ3n) is 4.07. The monoisotopic (exact) mass is 334 g/mol. The Morgan fingerprint density at radius 2 is 1.58 bits per heavy atom. The fraction of sp³-hybridized carbons (Fsp3) is 0.600. The highest BCUT2D eigenvalue weighted by atomic mass is 16.5. The summed E-state index contributed by atoms with van der Waals surface area (Å²) in [6.07, 6.45) is 7.02. The van der Waals surface area contributed by atoms with Gasteiger partial charge in [-0.3, -0.25) is 9.59 Å². The van der Waals surface area contributed by atoms with E-state index in [1.165, 1.54) is 25.7 Å². The van der Waals surface area contributed by atoms with E-state index in [0.717, 1.165) is 24.0 Å². The molecule has 24 heavy (non-hydrogen) atoms. The lowest BCUT2D eigenvalue weighted by atomic mass is 10.1. The largest absolute Gasteiger partial charge is 0.466 e. The van der Waals surface area contributed by atoms with Gasteiger partial charge in [-0.25, -0.2) is 0 Å². The van der Waals surface area contributed by atoms with Crippen molar-refractivity contribution in [3.05, 3.63) is 29.3 Å². The molecule has 134 valence electrons. The van der Waals surface area contributed by atoms with E-state index < -0.39 is 5.97 Å². The standard InChI is InChI=1S/C20H30O4/c1-4-5-6-7-8-9-15-23-19(21)13-14-20(22)24-18-12-10-11-16(2)17(18)3/h10-12H,4-9,13-15H2,1-3H3. The highest BCUT2D eigenvalue weighted by molar-refractivity contribution is 5.79. The van der Waals surface area contributed by atoms with Crippen LogP contribution in [0.25, 0.3) is 0 Å². The van der Waals surface area contributed by atoms with Crippen molar-refractivity contribution < 1.29 is 19.1 Å². The molecule has 4 heteroatoms. The number of benzene rings is 1. The van der Waals surface area contributed by atoms with Gasteiger partial charge in [0.2, 0.25) is 0 Å². The van der Waals surface area contributed by atoms with Crippen LogP contribution in [0, 0.1) is 13.8 Å². The van der Waals surface area contributed by atoms with E-state index in [4.69, 9.17) is 9.47 Å². The summed E-state index contributed by atoms with van der Waals surface area (Å²) >= 11 is 0. The maximum atomic E-state index is 11.8. The molecule has 0 atom stereocenters. The molecular weight excluding hydrogens is 304 g/mol. The first-order valence-corrected chi connectivity index (χ1v) is 8.97.